The van der Waals surface area contributed by atoms with E-state index in [2.05, 4.69) is 5.32 Å². The van der Waals surface area contributed by atoms with E-state index in [0.717, 1.165) is 0 Å². The van der Waals surface area contributed by atoms with Crippen LogP contribution in [0.1, 0.15) is 34.1 Å². The van der Waals surface area contributed by atoms with Crippen molar-refractivity contribution in [3.8, 4) is 0 Å². The summed E-state index contributed by atoms with van der Waals surface area (Å²) in [4.78, 5) is 12.4. The minimum absolute atomic E-state index is 0.0764. The predicted molar refractivity (Wildman–Crippen MR) is 67.1 cm³/mol. The highest BCUT2D eigenvalue weighted by Gasteiger charge is 2.35. The molecule has 0 radical (unpaired) electrons. The summed E-state index contributed by atoms with van der Waals surface area (Å²) < 4.78 is 37.3. The lowest BCUT2D eigenvalue weighted by Gasteiger charge is -2.32. The average molecular weight is 284 g/mol. The monoisotopic (exact) mass is 284 g/mol. The molecule has 0 rings (SSSR count). The van der Waals surface area contributed by atoms with Crippen molar-refractivity contribution in [2.75, 3.05) is 19.6 Å². The van der Waals surface area contributed by atoms with Crippen LogP contribution in [0, 0.1) is 0 Å². The maximum atomic E-state index is 12.4. The molecule has 0 aliphatic heterocycles. The lowest BCUT2D eigenvalue weighted by molar-refractivity contribution is -0.151. The van der Waals surface area contributed by atoms with Crippen molar-refractivity contribution in [1.82, 2.24) is 10.2 Å². The Morgan fingerprint density at radius 2 is 1.89 bits per heavy atom. The van der Waals surface area contributed by atoms with E-state index < -0.39 is 24.2 Å². The molecule has 2 N–H and O–H groups in total. The van der Waals surface area contributed by atoms with E-state index in [-0.39, 0.29) is 19.0 Å². The molecule has 0 aliphatic rings. The van der Waals surface area contributed by atoms with E-state index in [9.17, 15) is 18.0 Å². The van der Waals surface area contributed by atoms with Crippen LogP contribution in [0.25, 0.3) is 0 Å². The van der Waals surface area contributed by atoms with Crippen LogP contribution in [0.15, 0.2) is 0 Å². The number of carboxylic acids is 1. The molecule has 0 saturated heterocycles. The summed E-state index contributed by atoms with van der Waals surface area (Å²) in [7, 11) is 0. The zero-order valence-electron chi connectivity index (χ0n) is 11.8. The van der Waals surface area contributed by atoms with Crippen LogP contribution in [0.5, 0.6) is 0 Å². The smallest absolute Gasteiger partial charge is 0.401 e. The van der Waals surface area contributed by atoms with Crippen LogP contribution in [0.3, 0.4) is 0 Å². The number of likely N-dealkylation sites (N-methyl/N-ethyl adjacent to an activating group) is 1. The van der Waals surface area contributed by atoms with Crippen LogP contribution in [-0.2, 0) is 4.79 Å². The summed E-state index contributed by atoms with van der Waals surface area (Å²) in [6, 6.07) is -0.290. The number of alkyl halides is 3. The summed E-state index contributed by atoms with van der Waals surface area (Å²) in [6.07, 6.45) is -4.16. The van der Waals surface area contributed by atoms with Crippen molar-refractivity contribution in [3.05, 3.63) is 0 Å². The standard InChI is InChI=1S/C12H23F3N2O2/c1-5-16-11(4,10(18)19)6-7-17(9(2)3)8-12(13,14)15/h9,16H,5-8H2,1-4H3,(H,18,19). The number of nitrogens with one attached hydrogen (secondary N) is 1. The third-order valence-electron chi connectivity index (χ3n) is 3.05. The number of halogens is 3. The summed E-state index contributed by atoms with van der Waals surface area (Å²) in [5, 5.41) is 12.0. The van der Waals surface area contributed by atoms with Crippen molar-refractivity contribution in [2.45, 2.75) is 51.9 Å². The van der Waals surface area contributed by atoms with Crippen molar-refractivity contribution < 1.29 is 23.1 Å². The van der Waals surface area contributed by atoms with Crippen molar-refractivity contribution in [1.29, 1.82) is 0 Å². The molecule has 7 heteroatoms. The third kappa shape index (κ3) is 6.77. The van der Waals surface area contributed by atoms with Crippen molar-refractivity contribution >= 4 is 5.97 Å². The molecule has 0 aliphatic carbocycles. The first-order chi connectivity index (χ1) is 8.52. The number of aliphatic carboxylic acids is 1. The quantitative estimate of drug-likeness (QED) is 0.717. The molecule has 0 heterocycles. The van der Waals surface area contributed by atoms with Gasteiger partial charge in [-0.25, -0.2) is 0 Å². The SMILES string of the molecule is CCNC(C)(CCN(CC(F)(F)F)C(C)C)C(=O)O. The molecule has 1 unspecified atom stereocenters. The number of carboxylic acid groups (broad SMARTS) is 1. The maximum Gasteiger partial charge on any atom is 0.401 e. The first kappa shape index (κ1) is 18.2. The Labute approximate surface area is 112 Å². The first-order valence-corrected chi connectivity index (χ1v) is 6.31. The molecule has 1 atom stereocenters. The van der Waals surface area contributed by atoms with Gasteiger partial charge in [0.25, 0.3) is 0 Å². The second-order valence-electron chi connectivity index (χ2n) is 5.10. The zero-order chi connectivity index (χ0) is 15.3. The molecule has 0 bridgehead atoms. The van der Waals surface area contributed by atoms with Crippen LogP contribution in [0.4, 0.5) is 13.2 Å². The van der Waals surface area contributed by atoms with E-state index in [1.807, 2.05) is 0 Å². The number of hydrogen-bond donors (Lipinski definition) is 2. The topological polar surface area (TPSA) is 52.6 Å². The van der Waals surface area contributed by atoms with E-state index in [1.165, 1.54) is 11.8 Å². The first-order valence-electron chi connectivity index (χ1n) is 6.31. The van der Waals surface area contributed by atoms with E-state index in [1.54, 1.807) is 20.8 Å². The lowest BCUT2D eigenvalue weighted by Crippen LogP contribution is -2.52. The molecule has 0 fully saturated rings. The predicted octanol–water partition coefficient (Wildman–Crippen LogP) is 2.10. The Morgan fingerprint density at radius 3 is 2.21 bits per heavy atom. The molecule has 0 saturated carbocycles. The Bertz CT molecular complexity index is 295. The Hall–Kier alpha value is -0.820. The van der Waals surface area contributed by atoms with Gasteiger partial charge in [0.15, 0.2) is 0 Å². The van der Waals surface area contributed by atoms with Crippen LogP contribution >= 0.6 is 0 Å². The Balaban J connectivity index is 4.65. The molecule has 19 heavy (non-hydrogen) atoms. The van der Waals surface area contributed by atoms with Gasteiger partial charge >= 0.3 is 12.1 Å². The van der Waals surface area contributed by atoms with Crippen LogP contribution in [-0.4, -0.2) is 53.4 Å². The molecular weight excluding hydrogens is 261 g/mol. The summed E-state index contributed by atoms with van der Waals surface area (Å²) >= 11 is 0. The second-order valence-corrected chi connectivity index (χ2v) is 5.10. The number of hydrogen-bond acceptors (Lipinski definition) is 3. The number of carbonyl (C=O) groups is 1. The van der Waals surface area contributed by atoms with Gasteiger partial charge in [0, 0.05) is 12.6 Å². The van der Waals surface area contributed by atoms with Gasteiger partial charge in [-0.05, 0) is 33.7 Å². The fourth-order valence-corrected chi connectivity index (χ4v) is 1.78. The highest BCUT2D eigenvalue weighted by Crippen LogP contribution is 2.20. The molecule has 4 nitrogen and oxygen atoms in total. The van der Waals surface area contributed by atoms with Gasteiger partial charge in [0.2, 0.25) is 0 Å². The minimum Gasteiger partial charge on any atom is -0.480 e. The molecule has 0 amide bonds. The van der Waals surface area contributed by atoms with E-state index >= 15 is 0 Å². The molecule has 114 valence electrons. The third-order valence-corrected chi connectivity index (χ3v) is 3.05. The van der Waals surface area contributed by atoms with Crippen molar-refractivity contribution in [2.24, 2.45) is 0 Å². The summed E-state index contributed by atoms with van der Waals surface area (Å²) in [5.41, 5.74) is -1.20. The zero-order valence-corrected chi connectivity index (χ0v) is 11.8. The van der Waals surface area contributed by atoms with Gasteiger partial charge in [-0.15, -0.1) is 0 Å². The summed E-state index contributed by atoms with van der Waals surface area (Å²) in [6.45, 7) is 6.08. The number of nitrogens with zero attached hydrogens (tertiary/aromatic N) is 1. The number of rotatable bonds is 8. The van der Waals surface area contributed by atoms with Crippen LogP contribution in [0.2, 0.25) is 0 Å². The van der Waals surface area contributed by atoms with Crippen LogP contribution < -0.4 is 5.32 Å². The molecule has 0 aromatic carbocycles. The summed E-state index contributed by atoms with van der Waals surface area (Å²) in [5.74, 6) is -1.05. The molecular formula is C12H23F3N2O2. The minimum atomic E-state index is -4.28. The fourth-order valence-electron chi connectivity index (χ4n) is 1.78. The highest BCUT2D eigenvalue weighted by molar-refractivity contribution is 5.78. The lowest BCUT2D eigenvalue weighted by atomic mass is 9.97. The van der Waals surface area contributed by atoms with E-state index in [0.29, 0.717) is 6.54 Å². The van der Waals surface area contributed by atoms with Gasteiger partial charge in [-0.1, -0.05) is 6.92 Å². The van der Waals surface area contributed by atoms with Gasteiger partial charge in [0.05, 0.1) is 6.54 Å². The van der Waals surface area contributed by atoms with Crippen molar-refractivity contribution in [3.63, 3.8) is 0 Å². The second kappa shape index (κ2) is 7.09. The largest absolute Gasteiger partial charge is 0.480 e. The molecule has 0 aromatic heterocycles. The fraction of sp³-hybridized carbons (Fsp3) is 0.917. The van der Waals surface area contributed by atoms with Gasteiger partial charge in [-0.2, -0.15) is 13.2 Å². The van der Waals surface area contributed by atoms with E-state index in [4.69, 9.17) is 5.11 Å². The normalized spacial score (nSPS) is 15.8. The molecule has 0 spiro atoms. The highest BCUT2D eigenvalue weighted by atomic mass is 19.4. The Morgan fingerprint density at radius 1 is 1.37 bits per heavy atom. The maximum absolute atomic E-state index is 12.4. The average Bonchev–Trinajstić information content (AvgIpc) is 2.22. The van der Waals surface area contributed by atoms with Gasteiger partial charge < -0.3 is 10.4 Å². The molecule has 0 aromatic rings. The Kier molecular flexibility index (Phi) is 6.79. The van der Waals surface area contributed by atoms with Gasteiger partial charge in [-0.3, -0.25) is 9.69 Å². The van der Waals surface area contributed by atoms with Gasteiger partial charge in [0.1, 0.15) is 5.54 Å².